The van der Waals surface area contributed by atoms with Crippen LogP contribution in [0.2, 0.25) is 0 Å². The van der Waals surface area contributed by atoms with E-state index in [9.17, 15) is 9.36 Å². The third-order valence-electron chi connectivity index (χ3n) is 5.82. The number of aromatic nitrogens is 4. The molecule has 0 aliphatic carbocycles. The van der Waals surface area contributed by atoms with E-state index in [4.69, 9.17) is 29.2 Å². The number of imidazole rings is 1. The zero-order valence-electron chi connectivity index (χ0n) is 23.2. The van der Waals surface area contributed by atoms with Gasteiger partial charge in [-0.2, -0.15) is 5.09 Å². The van der Waals surface area contributed by atoms with Crippen molar-refractivity contribution in [2.24, 2.45) is 0 Å². The van der Waals surface area contributed by atoms with Gasteiger partial charge in [0.05, 0.1) is 29.8 Å². The van der Waals surface area contributed by atoms with Crippen LogP contribution in [0.25, 0.3) is 21.9 Å². The van der Waals surface area contributed by atoms with Gasteiger partial charge in [0, 0.05) is 24.4 Å². The number of ether oxygens (including phenoxy) is 2. The Balaban J connectivity index is 1.68. The molecule has 0 aliphatic rings. The Kier molecular flexibility index (Phi) is 9.36. The Labute approximate surface area is 232 Å². The van der Waals surface area contributed by atoms with Gasteiger partial charge in [0.1, 0.15) is 29.7 Å². The van der Waals surface area contributed by atoms with E-state index in [1.165, 1.54) is 19.3 Å². The maximum atomic E-state index is 14.0. The number of hydrogen-bond acceptors (Lipinski definition) is 10. The largest absolute Gasteiger partial charge is 0.462 e. The molecule has 214 valence electrons. The van der Waals surface area contributed by atoms with E-state index >= 15 is 0 Å². The van der Waals surface area contributed by atoms with Crippen LogP contribution in [-0.4, -0.2) is 50.3 Å². The Hall–Kier alpha value is -3.57. The van der Waals surface area contributed by atoms with E-state index in [0.29, 0.717) is 23.8 Å². The second-order valence-electron chi connectivity index (χ2n) is 9.51. The van der Waals surface area contributed by atoms with Crippen molar-refractivity contribution < 1.29 is 27.9 Å². The number of carbonyl (C=O) groups is 1. The number of nitrogens with two attached hydrogens (primary N) is 1. The van der Waals surface area contributed by atoms with Gasteiger partial charge >= 0.3 is 13.7 Å². The lowest BCUT2D eigenvalue weighted by Gasteiger charge is -2.26. The summed E-state index contributed by atoms with van der Waals surface area (Å²) in [4.78, 5) is 25.7. The van der Waals surface area contributed by atoms with Crippen LogP contribution >= 0.6 is 7.75 Å². The molecule has 0 bridgehead atoms. The highest BCUT2D eigenvalue weighted by Crippen LogP contribution is 2.46. The van der Waals surface area contributed by atoms with Gasteiger partial charge in [-0.25, -0.2) is 14.5 Å². The lowest BCUT2D eigenvalue weighted by molar-refractivity contribution is -0.149. The van der Waals surface area contributed by atoms with Crippen molar-refractivity contribution in [1.29, 1.82) is 0 Å². The molecule has 0 unspecified atom stereocenters. The van der Waals surface area contributed by atoms with Gasteiger partial charge < -0.3 is 24.3 Å². The minimum atomic E-state index is -4.10. The van der Waals surface area contributed by atoms with Gasteiger partial charge in [-0.1, -0.05) is 18.2 Å². The summed E-state index contributed by atoms with van der Waals surface area (Å²) in [6.45, 7) is 9.60. The zero-order chi connectivity index (χ0) is 28.9. The Morgan fingerprint density at radius 1 is 1.10 bits per heavy atom. The maximum Gasteiger partial charge on any atom is 0.459 e. The van der Waals surface area contributed by atoms with E-state index in [1.807, 2.05) is 35.8 Å². The summed E-state index contributed by atoms with van der Waals surface area (Å²) in [6, 6.07) is 9.74. The van der Waals surface area contributed by atoms with Crippen molar-refractivity contribution in [2.45, 2.75) is 66.0 Å². The molecule has 4 rings (SSSR count). The number of pyridine rings is 2. The van der Waals surface area contributed by atoms with Crippen molar-refractivity contribution in [2.75, 3.05) is 12.3 Å². The number of nitrogen functional groups attached to an aromatic ring is 1. The number of benzene rings is 1. The molecule has 40 heavy (non-hydrogen) atoms. The van der Waals surface area contributed by atoms with Crippen LogP contribution in [0.15, 0.2) is 48.8 Å². The second-order valence-corrected chi connectivity index (χ2v) is 11.2. The number of nitrogens with zero attached hydrogens (tertiary/aromatic N) is 4. The fraction of sp³-hybridized carbons (Fsp3) is 0.407. The quantitative estimate of drug-likeness (QED) is 0.171. The summed E-state index contributed by atoms with van der Waals surface area (Å²) in [5.74, 6) is 0.588. The van der Waals surface area contributed by atoms with Gasteiger partial charge in [0.15, 0.2) is 5.82 Å². The monoisotopic (exact) mass is 570 g/mol. The van der Waals surface area contributed by atoms with Gasteiger partial charge in [0.2, 0.25) is 0 Å². The van der Waals surface area contributed by atoms with Crippen molar-refractivity contribution in [3.8, 4) is 5.75 Å². The number of nitrogens with one attached hydrogen (secondary N) is 1. The average Bonchev–Trinajstić information content (AvgIpc) is 3.26. The predicted octanol–water partition coefficient (Wildman–Crippen LogP) is 4.62. The van der Waals surface area contributed by atoms with Gasteiger partial charge in [0.25, 0.3) is 0 Å². The topological polar surface area (TPSA) is 153 Å². The lowest BCUT2D eigenvalue weighted by atomic mass is 10.2. The van der Waals surface area contributed by atoms with E-state index in [1.54, 1.807) is 32.9 Å². The molecular weight excluding hydrogens is 535 g/mol. The molecule has 0 saturated carbocycles. The third-order valence-corrected chi connectivity index (χ3v) is 7.61. The van der Waals surface area contributed by atoms with Crippen LogP contribution < -0.4 is 15.3 Å². The highest BCUT2D eigenvalue weighted by Gasteiger charge is 2.35. The summed E-state index contributed by atoms with van der Waals surface area (Å²) in [5.41, 5.74) is 8.31. The molecule has 0 radical (unpaired) electrons. The summed E-state index contributed by atoms with van der Waals surface area (Å²) < 4.78 is 38.8. The maximum absolute atomic E-state index is 14.0. The fourth-order valence-corrected chi connectivity index (χ4v) is 5.85. The number of fused-ring (bicyclic) bond motifs is 3. The standard InChI is InChI=1S/C27H35N6O6P/c1-6-36-16-23-31-24-25(21-9-7-8-10-22(21)30-26(24)28)33(23)15-18(4)38-40(35,39-20-11-13-29-14-12-20)32-19(5)27(34)37-17(2)3/h7-14,17-19H,6,15-16H2,1-5H3,(H2,28,30)(H,32,35)/t18-,19-,40-/m0/s1. The molecule has 13 heteroatoms. The van der Waals surface area contributed by atoms with E-state index in [0.717, 1.165) is 16.4 Å². The minimum Gasteiger partial charge on any atom is -0.462 e. The number of rotatable bonds is 13. The average molecular weight is 571 g/mol. The Bertz CT molecular complexity index is 1510. The molecule has 0 aliphatic heterocycles. The molecule has 1 aromatic carbocycles. The smallest absolute Gasteiger partial charge is 0.459 e. The van der Waals surface area contributed by atoms with Crippen molar-refractivity contribution in [3.05, 3.63) is 54.6 Å². The first-order valence-electron chi connectivity index (χ1n) is 13.1. The number of para-hydroxylation sites is 1. The molecule has 4 aromatic rings. The summed E-state index contributed by atoms with van der Waals surface area (Å²) >= 11 is 0. The summed E-state index contributed by atoms with van der Waals surface area (Å²) in [7, 11) is -4.10. The molecule has 0 amide bonds. The van der Waals surface area contributed by atoms with Crippen molar-refractivity contribution >= 4 is 41.5 Å². The zero-order valence-corrected chi connectivity index (χ0v) is 24.1. The molecule has 3 heterocycles. The van der Waals surface area contributed by atoms with E-state index in [-0.39, 0.29) is 25.0 Å². The highest BCUT2D eigenvalue weighted by atomic mass is 31.2. The minimum absolute atomic E-state index is 0.225. The molecule has 12 nitrogen and oxygen atoms in total. The Morgan fingerprint density at radius 3 is 2.52 bits per heavy atom. The van der Waals surface area contributed by atoms with Crippen molar-refractivity contribution in [3.63, 3.8) is 0 Å². The normalized spacial score (nSPS) is 14.8. The molecule has 3 N–H and O–H groups in total. The van der Waals surface area contributed by atoms with Crippen LogP contribution in [0, 0.1) is 0 Å². The molecule has 3 aromatic heterocycles. The van der Waals surface area contributed by atoms with Gasteiger partial charge in [-0.15, -0.1) is 0 Å². The van der Waals surface area contributed by atoms with Gasteiger partial charge in [-0.3, -0.25) is 14.3 Å². The second kappa shape index (κ2) is 12.7. The van der Waals surface area contributed by atoms with Crippen LogP contribution in [0.3, 0.4) is 0 Å². The molecule has 0 fully saturated rings. The van der Waals surface area contributed by atoms with Crippen LogP contribution in [-0.2, 0) is 36.5 Å². The third kappa shape index (κ3) is 6.95. The molecular formula is C27H35N6O6P. The van der Waals surface area contributed by atoms with Crippen LogP contribution in [0.1, 0.15) is 40.4 Å². The first kappa shape index (κ1) is 29.4. The number of carbonyl (C=O) groups excluding carboxylic acids is 1. The fourth-order valence-electron chi connectivity index (χ4n) is 4.17. The van der Waals surface area contributed by atoms with Crippen LogP contribution in [0.5, 0.6) is 5.75 Å². The SMILES string of the molecule is CCOCc1nc2c(N)nc3ccccc3c2n1C[C@H](C)O[P@@](=O)(N[C@@H](C)C(=O)OC(C)C)Oc1ccncc1. The molecule has 3 atom stereocenters. The van der Waals surface area contributed by atoms with Crippen LogP contribution in [0.4, 0.5) is 5.82 Å². The van der Waals surface area contributed by atoms with E-state index < -0.39 is 25.9 Å². The summed E-state index contributed by atoms with van der Waals surface area (Å²) in [5, 5.41) is 3.57. The van der Waals surface area contributed by atoms with Gasteiger partial charge in [-0.05, 0) is 52.8 Å². The number of hydrogen-bond donors (Lipinski definition) is 2. The van der Waals surface area contributed by atoms with Crippen molar-refractivity contribution in [1.82, 2.24) is 24.6 Å². The Morgan fingerprint density at radius 2 is 1.82 bits per heavy atom. The first-order chi connectivity index (χ1) is 19.1. The number of anilines is 1. The predicted molar refractivity (Wildman–Crippen MR) is 152 cm³/mol. The highest BCUT2D eigenvalue weighted by molar-refractivity contribution is 7.52. The summed E-state index contributed by atoms with van der Waals surface area (Å²) in [6.07, 6.45) is 1.98. The molecule has 0 saturated heterocycles. The number of esters is 1. The van der Waals surface area contributed by atoms with E-state index in [2.05, 4.69) is 15.1 Å². The molecule has 0 spiro atoms. The first-order valence-corrected chi connectivity index (χ1v) is 14.6. The lowest BCUT2D eigenvalue weighted by Crippen LogP contribution is -2.37.